The van der Waals surface area contributed by atoms with Gasteiger partial charge in [0, 0.05) is 58.1 Å². The monoisotopic (exact) mass is 479 g/mol. The molecular weight excluding hydrogens is 458 g/mol. The summed E-state index contributed by atoms with van der Waals surface area (Å²) in [5, 5.41) is 2.22. The second kappa shape index (κ2) is 8.49. The standard InChI is InChI=1S/C30H21N7/c1-20-33-27(21-6-10-25(11-7-21)36-18-14-23-4-2-16-31-29(23)36)35-28(34-20)22-8-12-26(13-9-22)37-19-15-24-5-3-17-32-30(24)37/h2-19H,1H3. The summed E-state index contributed by atoms with van der Waals surface area (Å²) < 4.78 is 4.16. The van der Waals surface area contributed by atoms with E-state index in [1.165, 1.54) is 0 Å². The fourth-order valence-electron chi connectivity index (χ4n) is 4.63. The first-order chi connectivity index (χ1) is 18.2. The Morgan fingerprint density at radius 3 is 1.43 bits per heavy atom. The molecule has 0 fully saturated rings. The van der Waals surface area contributed by atoms with Gasteiger partial charge in [-0.25, -0.2) is 24.9 Å². The molecule has 7 rings (SSSR count). The first-order valence-electron chi connectivity index (χ1n) is 12.0. The number of hydrogen-bond acceptors (Lipinski definition) is 5. The number of fused-ring (bicyclic) bond motifs is 2. The van der Waals surface area contributed by atoms with E-state index in [1.54, 1.807) is 0 Å². The van der Waals surface area contributed by atoms with Crippen LogP contribution in [0.5, 0.6) is 0 Å². The van der Waals surface area contributed by atoms with Crippen molar-refractivity contribution in [1.82, 2.24) is 34.1 Å². The molecule has 7 aromatic rings. The summed E-state index contributed by atoms with van der Waals surface area (Å²) in [6.45, 7) is 1.90. The molecule has 0 saturated carbocycles. The maximum Gasteiger partial charge on any atom is 0.163 e. The van der Waals surface area contributed by atoms with Crippen molar-refractivity contribution >= 4 is 22.1 Å². The predicted octanol–water partition coefficient (Wildman–Crippen LogP) is 6.19. The van der Waals surface area contributed by atoms with Gasteiger partial charge >= 0.3 is 0 Å². The van der Waals surface area contributed by atoms with Crippen LogP contribution >= 0.6 is 0 Å². The Hall–Kier alpha value is -5.17. The molecule has 0 aliphatic heterocycles. The fraction of sp³-hybridized carbons (Fsp3) is 0.0333. The molecule has 0 unspecified atom stereocenters. The van der Waals surface area contributed by atoms with Crippen LogP contribution < -0.4 is 0 Å². The summed E-state index contributed by atoms with van der Waals surface area (Å²) >= 11 is 0. The molecule has 5 heterocycles. The van der Waals surface area contributed by atoms with Gasteiger partial charge in [-0.3, -0.25) is 0 Å². The molecule has 0 N–H and O–H groups in total. The van der Waals surface area contributed by atoms with Gasteiger partial charge in [-0.1, -0.05) is 0 Å². The van der Waals surface area contributed by atoms with E-state index in [0.717, 1.165) is 44.6 Å². The van der Waals surface area contributed by atoms with Crippen LogP contribution in [-0.2, 0) is 0 Å². The van der Waals surface area contributed by atoms with Crippen molar-refractivity contribution in [3.05, 3.63) is 116 Å². The zero-order valence-electron chi connectivity index (χ0n) is 20.0. The molecule has 0 amide bonds. The highest BCUT2D eigenvalue weighted by Crippen LogP contribution is 2.25. The van der Waals surface area contributed by atoms with Gasteiger partial charge in [-0.05, 0) is 91.9 Å². The molecule has 0 aliphatic rings. The number of nitrogens with zero attached hydrogens (tertiary/aromatic N) is 7. The lowest BCUT2D eigenvalue weighted by Crippen LogP contribution is -2.00. The molecule has 0 bridgehead atoms. The maximum absolute atomic E-state index is 4.80. The minimum atomic E-state index is 0.647. The highest BCUT2D eigenvalue weighted by Gasteiger charge is 2.11. The van der Waals surface area contributed by atoms with Crippen LogP contribution in [0, 0.1) is 6.92 Å². The average molecular weight is 480 g/mol. The van der Waals surface area contributed by atoms with Crippen molar-refractivity contribution in [2.45, 2.75) is 6.92 Å². The minimum Gasteiger partial charge on any atom is -0.301 e. The number of hydrogen-bond donors (Lipinski definition) is 0. The zero-order valence-corrected chi connectivity index (χ0v) is 20.0. The Kier molecular flexibility index (Phi) is 4.85. The van der Waals surface area contributed by atoms with Crippen LogP contribution in [-0.4, -0.2) is 34.1 Å². The number of aromatic nitrogens is 7. The summed E-state index contributed by atoms with van der Waals surface area (Å²) in [4.78, 5) is 23.1. The Labute approximate surface area is 212 Å². The molecule has 2 aromatic carbocycles. The van der Waals surface area contributed by atoms with Crippen LogP contribution in [0.4, 0.5) is 0 Å². The third-order valence-corrected chi connectivity index (χ3v) is 6.45. The highest BCUT2D eigenvalue weighted by atomic mass is 15.0. The number of pyridine rings is 2. The van der Waals surface area contributed by atoms with E-state index in [1.807, 2.05) is 68.1 Å². The molecule has 0 radical (unpaired) electrons. The topological polar surface area (TPSA) is 74.3 Å². The van der Waals surface area contributed by atoms with Crippen LogP contribution in [0.15, 0.2) is 110 Å². The normalized spacial score (nSPS) is 11.4. The lowest BCUT2D eigenvalue weighted by atomic mass is 10.1. The van der Waals surface area contributed by atoms with Crippen molar-refractivity contribution in [1.29, 1.82) is 0 Å². The van der Waals surface area contributed by atoms with Crippen molar-refractivity contribution in [2.75, 3.05) is 0 Å². The second-order valence-electron chi connectivity index (χ2n) is 8.83. The van der Waals surface area contributed by atoms with Crippen LogP contribution in [0.25, 0.3) is 56.2 Å². The van der Waals surface area contributed by atoms with E-state index in [9.17, 15) is 0 Å². The molecule has 0 aliphatic carbocycles. The first kappa shape index (κ1) is 21.1. The zero-order chi connectivity index (χ0) is 24.8. The number of benzene rings is 2. The SMILES string of the molecule is Cc1nc(-c2ccc(-n3ccc4cccnc43)cc2)nc(-c2ccc(-n3ccc4cccnc43)cc2)n1. The lowest BCUT2D eigenvalue weighted by molar-refractivity contribution is 0.990. The van der Waals surface area contributed by atoms with Crippen molar-refractivity contribution in [3.63, 3.8) is 0 Å². The van der Waals surface area contributed by atoms with Gasteiger partial charge in [0.15, 0.2) is 11.6 Å². The Morgan fingerprint density at radius 1 is 0.514 bits per heavy atom. The average Bonchev–Trinajstić information content (AvgIpc) is 3.58. The Morgan fingerprint density at radius 2 is 0.973 bits per heavy atom. The van der Waals surface area contributed by atoms with Gasteiger partial charge in [0.25, 0.3) is 0 Å². The molecule has 37 heavy (non-hydrogen) atoms. The quantitative estimate of drug-likeness (QED) is 0.301. The fourth-order valence-corrected chi connectivity index (χ4v) is 4.63. The van der Waals surface area contributed by atoms with E-state index in [0.29, 0.717) is 17.5 Å². The summed E-state index contributed by atoms with van der Waals surface area (Å²) in [5.41, 5.74) is 5.79. The van der Waals surface area contributed by atoms with E-state index in [2.05, 4.69) is 77.6 Å². The van der Waals surface area contributed by atoms with Crippen molar-refractivity contribution in [3.8, 4) is 34.2 Å². The lowest BCUT2D eigenvalue weighted by Gasteiger charge is -2.09. The summed E-state index contributed by atoms with van der Waals surface area (Å²) in [6, 6.07) is 28.6. The molecule has 0 spiro atoms. The van der Waals surface area contributed by atoms with Gasteiger partial charge in [-0.2, -0.15) is 0 Å². The molecule has 0 atom stereocenters. The largest absolute Gasteiger partial charge is 0.301 e. The molecular formula is C30H21N7. The molecule has 0 saturated heterocycles. The Bertz CT molecular complexity index is 1740. The Balaban J connectivity index is 1.20. The third-order valence-electron chi connectivity index (χ3n) is 6.45. The first-order valence-corrected chi connectivity index (χ1v) is 12.0. The van der Waals surface area contributed by atoms with E-state index in [-0.39, 0.29) is 0 Å². The van der Waals surface area contributed by atoms with Gasteiger partial charge in [0.05, 0.1) is 0 Å². The summed E-state index contributed by atoms with van der Waals surface area (Å²) in [6.07, 6.45) is 7.70. The number of aryl methyl sites for hydroxylation is 1. The second-order valence-corrected chi connectivity index (χ2v) is 8.83. The van der Waals surface area contributed by atoms with Crippen molar-refractivity contribution < 1.29 is 0 Å². The van der Waals surface area contributed by atoms with Gasteiger partial charge in [-0.15, -0.1) is 0 Å². The van der Waals surface area contributed by atoms with Crippen LogP contribution in [0.1, 0.15) is 5.82 Å². The molecule has 7 heteroatoms. The smallest absolute Gasteiger partial charge is 0.163 e. The summed E-state index contributed by atoms with van der Waals surface area (Å²) in [5.74, 6) is 1.97. The summed E-state index contributed by atoms with van der Waals surface area (Å²) in [7, 11) is 0. The third kappa shape index (κ3) is 3.73. The minimum absolute atomic E-state index is 0.647. The molecule has 7 nitrogen and oxygen atoms in total. The van der Waals surface area contributed by atoms with Crippen LogP contribution in [0.3, 0.4) is 0 Å². The van der Waals surface area contributed by atoms with E-state index in [4.69, 9.17) is 4.98 Å². The van der Waals surface area contributed by atoms with E-state index < -0.39 is 0 Å². The van der Waals surface area contributed by atoms with Crippen molar-refractivity contribution in [2.24, 2.45) is 0 Å². The molecule has 176 valence electrons. The molecule has 5 aromatic heterocycles. The number of rotatable bonds is 4. The van der Waals surface area contributed by atoms with E-state index >= 15 is 0 Å². The van der Waals surface area contributed by atoms with Gasteiger partial charge < -0.3 is 9.13 Å². The predicted molar refractivity (Wildman–Crippen MR) is 145 cm³/mol. The van der Waals surface area contributed by atoms with Gasteiger partial charge in [0.2, 0.25) is 0 Å². The highest BCUT2D eigenvalue weighted by molar-refractivity contribution is 5.79. The maximum atomic E-state index is 4.80. The van der Waals surface area contributed by atoms with Crippen LogP contribution in [0.2, 0.25) is 0 Å². The van der Waals surface area contributed by atoms with Gasteiger partial charge in [0.1, 0.15) is 17.1 Å².